The Bertz CT molecular complexity index is 905. The lowest BCUT2D eigenvalue weighted by Gasteiger charge is -2.23. The summed E-state index contributed by atoms with van der Waals surface area (Å²) in [5, 5.41) is 2.15. The van der Waals surface area contributed by atoms with Gasteiger partial charge in [0.2, 0.25) is 5.91 Å². The molecule has 0 radical (unpaired) electrons. The predicted molar refractivity (Wildman–Crippen MR) is 103 cm³/mol. The van der Waals surface area contributed by atoms with Crippen molar-refractivity contribution in [1.29, 1.82) is 0 Å². The number of nitrogens with zero attached hydrogens (tertiary/aromatic N) is 1. The summed E-state index contributed by atoms with van der Waals surface area (Å²) >= 11 is 1.29. The Morgan fingerprint density at radius 1 is 1.21 bits per heavy atom. The minimum Gasteiger partial charge on any atom is -0.456 e. The number of fused-ring (bicyclic) bond motifs is 1. The average molecular weight is 402 g/mol. The van der Waals surface area contributed by atoms with Crippen LogP contribution in [-0.4, -0.2) is 41.6 Å². The summed E-state index contributed by atoms with van der Waals surface area (Å²) in [6, 6.07) is 13.3. The van der Waals surface area contributed by atoms with Crippen molar-refractivity contribution in [2.75, 3.05) is 19.0 Å². The third-order valence-corrected chi connectivity index (χ3v) is 5.43. The maximum atomic E-state index is 13.2. The minimum absolute atomic E-state index is 0.133. The number of carbonyl (C=O) groups excluding carboxylic acids is 3. The monoisotopic (exact) mass is 402 g/mol. The lowest BCUT2D eigenvalue weighted by molar-refractivity contribution is -0.152. The van der Waals surface area contributed by atoms with Gasteiger partial charge in [-0.2, -0.15) is 0 Å². The van der Waals surface area contributed by atoms with Crippen LogP contribution in [0.3, 0.4) is 0 Å². The normalized spacial score (nSPS) is 15.4. The molecule has 0 saturated heterocycles. The van der Waals surface area contributed by atoms with E-state index in [9.17, 15) is 18.8 Å². The van der Waals surface area contributed by atoms with Crippen LogP contribution in [0.15, 0.2) is 53.4 Å². The Labute approximate surface area is 166 Å². The van der Waals surface area contributed by atoms with Crippen LogP contribution in [0.5, 0.6) is 0 Å². The highest BCUT2D eigenvalue weighted by Gasteiger charge is 2.29. The van der Waals surface area contributed by atoms with E-state index in [4.69, 9.17) is 4.74 Å². The molecule has 2 aromatic carbocycles. The summed E-state index contributed by atoms with van der Waals surface area (Å²) in [6.07, 6.45) is -0.133. The molecule has 0 spiro atoms. The number of carbonyl (C=O) groups is 3. The number of thioether (sulfide) groups is 1. The molecule has 0 aliphatic carbocycles. The van der Waals surface area contributed by atoms with E-state index >= 15 is 0 Å². The van der Waals surface area contributed by atoms with Gasteiger partial charge in [0.05, 0.1) is 17.4 Å². The molecule has 0 bridgehead atoms. The van der Waals surface area contributed by atoms with Gasteiger partial charge < -0.3 is 15.0 Å². The van der Waals surface area contributed by atoms with Gasteiger partial charge in [-0.25, -0.2) is 4.39 Å². The fraction of sp³-hybridized carbons (Fsp3) is 0.250. The second-order valence-electron chi connectivity index (χ2n) is 6.34. The minimum atomic E-state index is -0.625. The SMILES string of the molecule is CN(Cc1cccc(F)c1)C(=O)COC(=O)C[C@@H]1Sc2ccccc2NC1=O. The molecule has 0 unspecified atom stereocenters. The van der Waals surface area contributed by atoms with E-state index in [1.807, 2.05) is 18.2 Å². The van der Waals surface area contributed by atoms with Crippen LogP contribution in [-0.2, 0) is 25.7 Å². The number of benzene rings is 2. The first kappa shape index (κ1) is 19.9. The first-order valence-electron chi connectivity index (χ1n) is 8.63. The van der Waals surface area contributed by atoms with Crippen molar-refractivity contribution in [3.8, 4) is 0 Å². The van der Waals surface area contributed by atoms with Crippen LogP contribution >= 0.6 is 11.8 Å². The molecular formula is C20H19FN2O4S. The van der Waals surface area contributed by atoms with Crippen molar-refractivity contribution in [3.63, 3.8) is 0 Å². The lowest BCUT2D eigenvalue weighted by Crippen LogP contribution is -2.33. The maximum Gasteiger partial charge on any atom is 0.307 e. The highest BCUT2D eigenvalue weighted by molar-refractivity contribution is 8.01. The number of para-hydroxylation sites is 1. The molecule has 1 heterocycles. The second-order valence-corrected chi connectivity index (χ2v) is 7.58. The van der Waals surface area contributed by atoms with Crippen molar-refractivity contribution in [2.45, 2.75) is 23.1 Å². The first-order chi connectivity index (χ1) is 13.4. The van der Waals surface area contributed by atoms with Gasteiger partial charge >= 0.3 is 5.97 Å². The van der Waals surface area contributed by atoms with E-state index in [1.54, 1.807) is 25.2 Å². The number of anilines is 1. The van der Waals surface area contributed by atoms with E-state index in [0.717, 1.165) is 10.6 Å². The summed E-state index contributed by atoms with van der Waals surface area (Å²) in [4.78, 5) is 38.5. The van der Waals surface area contributed by atoms with Crippen molar-refractivity contribution in [3.05, 3.63) is 59.9 Å². The standard InChI is InChI=1S/C20H19FN2O4S/c1-23(11-13-5-4-6-14(21)9-13)18(24)12-27-19(25)10-17-20(26)22-15-7-2-3-8-16(15)28-17/h2-9,17H,10-12H2,1H3,(H,22,26)/t17-/m0/s1. The average Bonchev–Trinajstić information content (AvgIpc) is 2.66. The zero-order valence-corrected chi connectivity index (χ0v) is 16.0. The van der Waals surface area contributed by atoms with Crippen molar-refractivity contribution < 1.29 is 23.5 Å². The number of esters is 1. The molecule has 0 aromatic heterocycles. The topological polar surface area (TPSA) is 75.7 Å². The molecule has 6 nitrogen and oxygen atoms in total. The number of amides is 2. The summed E-state index contributed by atoms with van der Waals surface area (Å²) in [6.45, 7) is -0.230. The summed E-state index contributed by atoms with van der Waals surface area (Å²) in [7, 11) is 1.54. The molecule has 1 aliphatic heterocycles. The van der Waals surface area contributed by atoms with E-state index < -0.39 is 23.7 Å². The molecule has 1 N–H and O–H groups in total. The van der Waals surface area contributed by atoms with Crippen LogP contribution in [0.4, 0.5) is 10.1 Å². The van der Waals surface area contributed by atoms with Crippen LogP contribution in [0, 0.1) is 5.82 Å². The Balaban J connectivity index is 1.47. The number of likely N-dealkylation sites (N-methyl/N-ethyl adjacent to an activating group) is 1. The molecule has 8 heteroatoms. The first-order valence-corrected chi connectivity index (χ1v) is 9.51. The molecule has 28 heavy (non-hydrogen) atoms. The fourth-order valence-electron chi connectivity index (χ4n) is 2.69. The van der Waals surface area contributed by atoms with Gasteiger partial charge in [0.25, 0.3) is 5.91 Å². The Hall–Kier alpha value is -2.87. The van der Waals surface area contributed by atoms with Gasteiger partial charge in [0.1, 0.15) is 5.82 Å². The summed E-state index contributed by atoms with van der Waals surface area (Å²) in [5.74, 6) is -1.69. The predicted octanol–water partition coefficient (Wildman–Crippen LogP) is 2.83. The fourth-order valence-corrected chi connectivity index (χ4v) is 3.78. The summed E-state index contributed by atoms with van der Waals surface area (Å²) < 4.78 is 18.2. The molecular weight excluding hydrogens is 383 g/mol. The maximum absolute atomic E-state index is 13.2. The molecule has 1 atom stereocenters. The zero-order valence-electron chi connectivity index (χ0n) is 15.2. The van der Waals surface area contributed by atoms with E-state index in [1.165, 1.54) is 28.8 Å². The number of rotatable bonds is 6. The second kappa shape index (κ2) is 8.88. The van der Waals surface area contributed by atoms with Gasteiger partial charge in [-0.05, 0) is 29.8 Å². The van der Waals surface area contributed by atoms with Gasteiger partial charge in [-0.3, -0.25) is 14.4 Å². The molecule has 146 valence electrons. The van der Waals surface area contributed by atoms with Crippen LogP contribution < -0.4 is 5.32 Å². The third kappa shape index (κ3) is 5.10. The lowest BCUT2D eigenvalue weighted by atomic mass is 10.2. The number of nitrogens with one attached hydrogen (secondary N) is 1. The Kier molecular flexibility index (Phi) is 6.30. The number of halogens is 1. The largest absolute Gasteiger partial charge is 0.456 e. The van der Waals surface area contributed by atoms with Crippen LogP contribution in [0.1, 0.15) is 12.0 Å². The number of hydrogen-bond donors (Lipinski definition) is 1. The quantitative estimate of drug-likeness (QED) is 0.752. The highest BCUT2D eigenvalue weighted by atomic mass is 32.2. The highest BCUT2D eigenvalue weighted by Crippen LogP contribution is 2.36. The van der Waals surface area contributed by atoms with Gasteiger partial charge in [0.15, 0.2) is 6.61 Å². The summed E-state index contributed by atoms with van der Waals surface area (Å²) in [5.41, 5.74) is 1.35. The van der Waals surface area contributed by atoms with Crippen molar-refractivity contribution >= 4 is 35.2 Å². The number of ether oxygens (including phenoxy) is 1. The Morgan fingerprint density at radius 3 is 2.79 bits per heavy atom. The number of hydrogen-bond acceptors (Lipinski definition) is 5. The van der Waals surface area contributed by atoms with Gasteiger partial charge in [-0.15, -0.1) is 11.8 Å². The molecule has 3 rings (SSSR count). The van der Waals surface area contributed by atoms with Crippen molar-refractivity contribution in [2.24, 2.45) is 0 Å². The molecule has 1 aliphatic rings. The van der Waals surface area contributed by atoms with Crippen LogP contribution in [0.2, 0.25) is 0 Å². The van der Waals surface area contributed by atoms with E-state index in [-0.39, 0.29) is 24.7 Å². The van der Waals surface area contributed by atoms with E-state index in [2.05, 4.69) is 5.32 Å². The smallest absolute Gasteiger partial charge is 0.307 e. The van der Waals surface area contributed by atoms with Crippen LogP contribution in [0.25, 0.3) is 0 Å². The molecule has 2 aromatic rings. The molecule has 2 amide bonds. The molecule has 0 saturated carbocycles. The van der Waals surface area contributed by atoms with Gasteiger partial charge in [-0.1, -0.05) is 24.3 Å². The zero-order chi connectivity index (χ0) is 20.1. The Morgan fingerprint density at radius 2 is 2.00 bits per heavy atom. The van der Waals surface area contributed by atoms with Crippen molar-refractivity contribution in [1.82, 2.24) is 4.90 Å². The third-order valence-electron chi connectivity index (χ3n) is 4.15. The van der Waals surface area contributed by atoms with E-state index in [0.29, 0.717) is 5.56 Å². The van der Waals surface area contributed by atoms with Gasteiger partial charge in [0, 0.05) is 18.5 Å². The molecule has 0 fully saturated rings.